The molecule has 0 aromatic heterocycles. The highest BCUT2D eigenvalue weighted by Crippen LogP contribution is 2.17. The van der Waals surface area contributed by atoms with Crippen molar-refractivity contribution in [1.29, 1.82) is 0 Å². The average molecular weight is 892 g/mol. The van der Waals surface area contributed by atoms with Gasteiger partial charge in [-0.25, -0.2) is 0 Å². The molecule has 0 aliphatic rings. The third-order valence-electron chi connectivity index (χ3n) is 12.2. The number of hydrogen-bond acceptors (Lipinski definition) is 10. The Kier molecular flexibility index (Phi) is 45.9. The lowest BCUT2D eigenvalue weighted by Gasteiger charge is -2.23. The summed E-state index contributed by atoms with van der Waals surface area (Å²) in [5, 5.41) is 6.16. The van der Waals surface area contributed by atoms with Gasteiger partial charge in [-0.1, -0.05) is 175 Å². The van der Waals surface area contributed by atoms with E-state index in [0.717, 1.165) is 103 Å². The number of anilines is 2. The van der Waals surface area contributed by atoms with Crippen molar-refractivity contribution in [3.63, 3.8) is 0 Å². The van der Waals surface area contributed by atoms with E-state index in [1.54, 1.807) is 7.11 Å². The standard InChI is InChI=1S/C35H63N3O6.C18H38O/c1-3-4-5-6-9-15-20-29-44-31(40)22-16-11-10-13-18-26-38(25-17-12-7-8-14-19-28-39)27-21-23-36-32-33(35(42)34(32)41)37-24-30-43-2;1-4-6-8-10-12-14-16-18(19-3)17-15-13-11-9-7-5-2/h28,36-37H,3-27,29-30H2,1-2H3;18H,4-17H2,1-3H3. The normalized spacial score (nSPS) is 11.3. The molecule has 63 heavy (non-hydrogen) atoms. The molecule has 0 aliphatic carbocycles. The molecule has 10 nitrogen and oxygen atoms in total. The van der Waals surface area contributed by atoms with E-state index in [2.05, 4.69) is 36.3 Å². The molecule has 0 saturated heterocycles. The van der Waals surface area contributed by atoms with Gasteiger partial charge in [0.1, 0.15) is 17.7 Å². The van der Waals surface area contributed by atoms with Gasteiger partial charge >= 0.3 is 5.97 Å². The number of nitrogens with one attached hydrogen (secondary N) is 2. The maximum Gasteiger partial charge on any atom is 0.305 e. The molecule has 0 atom stereocenters. The summed E-state index contributed by atoms with van der Waals surface area (Å²) in [4.78, 5) is 48.9. The van der Waals surface area contributed by atoms with Gasteiger partial charge in [0.15, 0.2) is 0 Å². The second kappa shape index (κ2) is 47.7. The molecule has 0 unspecified atom stereocenters. The molecule has 0 spiro atoms. The number of hydrogen-bond donors (Lipinski definition) is 2. The SMILES string of the molecule is CCCCCCCCC(CCCCCCCC)OC.CCCCCCCCCOC(=O)CCCCCCCN(CCCCCCCC=O)CCCNc1c(NCCOC)c(=O)c1=O. The second-order valence-electron chi connectivity index (χ2n) is 18.0. The lowest BCUT2D eigenvalue weighted by molar-refractivity contribution is -0.143. The molecule has 0 saturated carbocycles. The number of rotatable bonds is 48. The molecule has 10 heteroatoms. The first-order valence-electron chi connectivity index (χ1n) is 26.5. The largest absolute Gasteiger partial charge is 0.466 e. The first-order valence-corrected chi connectivity index (χ1v) is 26.5. The topological polar surface area (TPSA) is 123 Å². The van der Waals surface area contributed by atoms with E-state index in [9.17, 15) is 19.2 Å². The van der Waals surface area contributed by atoms with Crippen molar-refractivity contribution in [1.82, 2.24) is 4.90 Å². The van der Waals surface area contributed by atoms with Crippen LogP contribution in [0.2, 0.25) is 0 Å². The fourth-order valence-electron chi connectivity index (χ4n) is 8.09. The summed E-state index contributed by atoms with van der Waals surface area (Å²) in [7, 11) is 3.48. The zero-order valence-electron chi connectivity index (χ0n) is 42.0. The van der Waals surface area contributed by atoms with Crippen LogP contribution in [-0.4, -0.2) is 83.4 Å². The summed E-state index contributed by atoms with van der Waals surface area (Å²) in [6, 6.07) is 0. The van der Waals surface area contributed by atoms with Crippen molar-refractivity contribution < 1.29 is 23.8 Å². The van der Waals surface area contributed by atoms with Crippen LogP contribution in [0.15, 0.2) is 9.59 Å². The average Bonchev–Trinajstić information content (AvgIpc) is 3.29. The van der Waals surface area contributed by atoms with Crippen molar-refractivity contribution in [2.45, 2.75) is 245 Å². The number of unbranched alkanes of at least 4 members (excludes halogenated alkanes) is 25. The van der Waals surface area contributed by atoms with E-state index >= 15 is 0 Å². The molecule has 1 aromatic rings. The van der Waals surface area contributed by atoms with Gasteiger partial charge in [-0.2, -0.15) is 0 Å². The summed E-state index contributed by atoms with van der Waals surface area (Å²) >= 11 is 0. The van der Waals surface area contributed by atoms with Gasteiger partial charge in [0.05, 0.1) is 19.3 Å². The van der Waals surface area contributed by atoms with E-state index in [4.69, 9.17) is 14.2 Å². The highest BCUT2D eigenvalue weighted by Gasteiger charge is 2.20. The van der Waals surface area contributed by atoms with Crippen LogP contribution in [0, 0.1) is 0 Å². The molecule has 2 N–H and O–H groups in total. The summed E-state index contributed by atoms with van der Waals surface area (Å²) in [5.41, 5.74) is -0.133. The Hall–Kier alpha value is -2.30. The number of aldehydes is 1. The van der Waals surface area contributed by atoms with Crippen molar-refractivity contribution in [3.05, 3.63) is 20.4 Å². The fourth-order valence-corrected chi connectivity index (χ4v) is 8.09. The summed E-state index contributed by atoms with van der Waals surface area (Å²) in [5.74, 6) is -0.0523. The third kappa shape index (κ3) is 37.6. The Morgan fingerprint density at radius 3 is 1.44 bits per heavy atom. The Morgan fingerprint density at radius 1 is 0.524 bits per heavy atom. The molecule has 1 aromatic carbocycles. The van der Waals surface area contributed by atoms with E-state index in [1.807, 2.05) is 7.11 Å². The van der Waals surface area contributed by atoms with E-state index in [-0.39, 0.29) is 5.97 Å². The predicted octanol–water partition coefficient (Wildman–Crippen LogP) is 13.1. The number of esters is 1. The molecular formula is C53H101N3O7. The Morgan fingerprint density at radius 2 is 0.952 bits per heavy atom. The van der Waals surface area contributed by atoms with Gasteiger partial charge in [0, 0.05) is 40.2 Å². The minimum absolute atomic E-state index is 0.0523. The van der Waals surface area contributed by atoms with Crippen LogP contribution in [0.4, 0.5) is 11.4 Å². The minimum Gasteiger partial charge on any atom is -0.466 e. The van der Waals surface area contributed by atoms with Crippen molar-refractivity contribution in [2.75, 3.05) is 70.8 Å². The molecule has 1 rings (SSSR count). The number of nitrogens with zero attached hydrogens (tertiary/aromatic N) is 1. The lowest BCUT2D eigenvalue weighted by Crippen LogP contribution is -2.38. The molecule has 0 fully saturated rings. The second-order valence-corrected chi connectivity index (χ2v) is 18.0. The summed E-state index contributed by atoms with van der Waals surface area (Å²) in [6.45, 7) is 12.0. The Labute approximate surface area is 387 Å². The van der Waals surface area contributed by atoms with Crippen LogP contribution < -0.4 is 21.5 Å². The molecule has 370 valence electrons. The summed E-state index contributed by atoms with van der Waals surface area (Å²) in [6.07, 6.45) is 42.3. The maximum atomic E-state index is 12.0. The Bertz CT molecular complexity index is 1190. The number of ether oxygens (including phenoxy) is 3. The lowest BCUT2D eigenvalue weighted by atomic mass is 10.0. The van der Waals surface area contributed by atoms with Crippen LogP contribution in [0.1, 0.15) is 239 Å². The minimum atomic E-state index is -0.459. The maximum absolute atomic E-state index is 12.0. The molecule has 0 heterocycles. The summed E-state index contributed by atoms with van der Waals surface area (Å²) < 4.78 is 16.0. The molecule has 0 bridgehead atoms. The van der Waals surface area contributed by atoms with Gasteiger partial charge in [-0.15, -0.1) is 0 Å². The highest BCUT2D eigenvalue weighted by atomic mass is 16.5. The smallest absolute Gasteiger partial charge is 0.305 e. The first-order chi connectivity index (χ1) is 30.9. The number of carbonyl (C=O) groups excluding carboxylic acids is 2. The van der Waals surface area contributed by atoms with Gasteiger partial charge in [-0.3, -0.25) is 14.4 Å². The van der Waals surface area contributed by atoms with Crippen LogP contribution >= 0.6 is 0 Å². The quantitative estimate of drug-likeness (QED) is 0.0283. The van der Waals surface area contributed by atoms with Crippen LogP contribution in [0.25, 0.3) is 0 Å². The number of carbonyl (C=O) groups is 2. The van der Waals surface area contributed by atoms with Gasteiger partial charge in [0.2, 0.25) is 0 Å². The zero-order valence-corrected chi connectivity index (χ0v) is 42.0. The van der Waals surface area contributed by atoms with Crippen molar-refractivity contribution >= 4 is 23.6 Å². The predicted molar refractivity (Wildman–Crippen MR) is 268 cm³/mol. The van der Waals surface area contributed by atoms with Crippen molar-refractivity contribution in [2.24, 2.45) is 0 Å². The molecule has 0 aliphatic heterocycles. The number of methoxy groups -OCH3 is 2. The van der Waals surface area contributed by atoms with E-state index in [1.165, 1.54) is 128 Å². The zero-order chi connectivity index (χ0) is 46.3. The fraction of sp³-hybridized carbons (Fsp3) is 0.887. The van der Waals surface area contributed by atoms with Crippen LogP contribution in [-0.2, 0) is 23.8 Å². The van der Waals surface area contributed by atoms with Crippen LogP contribution in [0.3, 0.4) is 0 Å². The van der Waals surface area contributed by atoms with Gasteiger partial charge < -0.3 is 34.5 Å². The van der Waals surface area contributed by atoms with Gasteiger partial charge in [0.25, 0.3) is 10.9 Å². The van der Waals surface area contributed by atoms with Crippen LogP contribution in [0.5, 0.6) is 0 Å². The molecule has 0 amide bonds. The monoisotopic (exact) mass is 892 g/mol. The van der Waals surface area contributed by atoms with E-state index < -0.39 is 10.9 Å². The van der Waals surface area contributed by atoms with Crippen molar-refractivity contribution in [3.8, 4) is 0 Å². The highest BCUT2D eigenvalue weighted by molar-refractivity contribution is 5.73. The molecule has 0 radical (unpaired) electrons. The van der Waals surface area contributed by atoms with Gasteiger partial charge in [-0.05, 0) is 71.0 Å². The molecular weight excluding hydrogens is 791 g/mol. The Balaban J connectivity index is 0.00000169. The van der Waals surface area contributed by atoms with E-state index in [0.29, 0.717) is 56.6 Å². The first kappa shape index (κ1) is 60.7. The third-order valence-corrected chi connectivity index (χ3v) is 12.2.